The second-order valence-corrected chi connectivity index (χ2v) is 5.65. The van der Waals surface area contributed by atoms with Gasteiger partial charge in [-0.15, -0.1) is 0 Å². The first-order valence-corrected chi connectivity index (χ1v) is 7.22. The fraction of sp³-hybridized carbons (Fsp3) is 0.538. The average molecular weight is 338 g/mol. The van der Waals surface area contributed by atoms with Gasteiger partial charge in [0.15, 0.2) is 23.2 Å². The van der Waals surface area contributed by atoms with Crippen molar-refractivity contribution in [3.63, 3.8) is 0 Å². The summed E-state index contributed by atoms with van der Waals surface area (Å²) in [5.74, 6) is 0.212. The van der Waals surface area contributed by atoms with Gasteiger partial charge >= 0.3 is 5.69 Å². The topological polar surface area (TPSA) is 149 Å². The third kappa shape index (κ3) is 2.78. The van der Waals surface area contributed by atoms with E-state index >= 15 is 0 Å². The first kappa shape index (κ1) is 16.5. The van der Waals surface area contributed by atoms with Gasteiger partial charge in [-0.2, -0.15) is 4.98 Å². The molecule has 0 spiro atoms. The molecule has 11 heteroatoms. The number of nitrogens with zero attached hydrogens (tertiary/aromatic N) is 5. The van der Waals surface area contributed by atoms with Crippen LogP contribution in [0.15, 0.2) is 16.1 Å². The summed E-state index contributed by atoms with van der Waals surface area (Å²) in [4.78, 5) is 28.1. The molecule has 4 N–H and O–H groups in total. The van der Waals surface area contributed by atoms with Crippen LogP contribution in [0.1, 0.15) is 6.23 Å². The van der Waals surface area contributed by atoms with E-state index in [2.05, 4.69) is 19.9 Å². The van der Waals surface area contributed by atoms with Crippen molar-refractivity contribution in [1.29, 1.82) is 0 Å². The molecule has 0 unspecified atom stereocenters. The highest BCUT2D eigenvalue weighted by atomic mass is 16.6. The monoisotopic (exact) mass is 338 g/mol. The molecule has 0 bridgehead atoms. The Morgan fingerprint density at radius 1 is 1.46 bits per heavy atom. The Kier molecular flexibility index (Phi) is 4.32. The zero-order chi connectivity index (χ0) is 17.4. The van der Waals surface area contributed by atoms with Crippen LogP contribution in [0.25, 0.3) is 11.2 Å². The van der Waals surface area contributed by atoms with Crippen molar-refractivity contribution in [3.8, 4) is 0 Å². The Balaban J connectivity index is 2.07. The van der Waals surface area contributed by atoms with Crippen LogP contribution in [-0.4, -0.2) is 85.1 Å². The lowest BCUT2D eigenvalue weighted by molar-refractivity contribution is -0.0511. The highest BCUT2D eigenvalue weighted by Crippen LogP contribution is 2.32. The number of hydrogen-bond donors (Lipinski definition) is 4. The van der Waals surface area contributed by atoms with Crippen molar-refractivity contribution in [1.82, 2.24) is 24.4 Å². The Labute approximate surface area is 135 Å². The molecular formula is C13H18N6O5. The lowest BCUT2D eigenvalue weighted by Crippen LogP contribution is -2.33. The molecule has 3 rings (SSSR count). The van der Waals surface area contributed by atoms with E-state index in [1.807, 2.05) is 0 Å². The molecule has 4 atom stereocenters. The Morgan fingerprint density at radius 2 is 2.21 bits per heavy atom. The van der Waals surface area contributed by atoms with Crippen LogP contribution < -0.4 is 5.69 Å². The van der Waals surface area contributed by atoms with E-state index < -0.39 is 36.8 Å². The fourth-order valence-electron chi connectivity index (χ4n) is 2.48. The zero-order valence-corrected chi connectivity index (χ0v) is 13.1. The number of hydrogen-bond acceptors (Lipinski definition) is 8. The Morgan fingerprint density at radius 3 is 2.83 bits per heavy atom. The quantitative estimate of drug-likeness (QED) is 0.368. The summed E-state index contributed by atoms with van der Waals surface area (Å²) in [6, 6.07) is 0. The summed E-state index contributed by atoms with van der Waals surface area (Å²) in [6.07, 6.45) is -1.69. The number of aromatic amines is 1. The van der Waals surface area contributed by atoms with Crippen molar-refractivity contribution in [2.45, 2.75) is 24.5 Å². The number of fused-ring (bicyclic) bond motifs is 1. The number of imidazole rings is 1. The molecule has 11 nitrogen and oxygen atoms in total. The molecule has 0 amide bonds. The molecule has 0 saturated carbocycles. The number of aromatic nitrogens is 4. The smallest absolute Gasteiger partial charge is 0.348 e. The summed E-state index contributed by atoms with van der Waals surface area (Å²) >= 11 is 0. The van der Waals surface area contributed by atoms with E-state index in [9.17, 15) is 20.1 Å². The van der Waals surface area contributed by atoms with Crippen LogP contribution in [-0.2, 0) is 4.74 Å². The highest BCUT2D eigenvalue weighted by Gasteiger charge is 2.44. The van der Waals surface area contributed by atoms with E-state index in [0.717, 1.165) is 0 Å². The number of aliphatic imine (C=N–C) groups is 1. The van der Waals surface area contributed by atoms with Crippen molar-refractivity contribution in [2.24, 2.45) is 4.99 Å². The summed E-state index contributed by atoms with van der Waals surface area (Å²) in [6.45, 7) is -0.451. The minimum Gasteiger partial charge on any atom is -0.394 e. The Hall–Kier alpha value is -2.34. The number of aliphatic hydroxyl groups is 3. The van der Waals surface area contributed by atoms with Gasteiger partial charge in [0, 0.05) is 14.1 Å². The predicted octanol–water partition coefficient (Wildman–Crippen LogP) is -2.05. The molecule has 1 fully saturated rings. The molecule has 24 heavy (non-hydrogen) atoms. The van der Waals surface area contributed by atoms with Crippen molar-refractivity contribution >= 4 is 23.3 Å². The molecule has 130 valence electrons. The maximum absolute atomic E-state index is 11.8. The minimum atomic E-state index is -1.30. The molecule has 1 saturated heterocycles. The van der Waals surface area contributed by atoms with Crippen LogP contribution >= 0.6 is 0 Å². The summed E-state index contributed by atoms with van der Waals surface area (Å²) in [7, 11) is 3.55. The van der Waals surface area contributed by atoms with Gasteiger partial charge in [0.2, 0.25) is 0 Å². The molecule has 0 radical (unpaired) electrons. The number of ether oxygens (including phenoxy) is 1. The van der Waals surface area contributed by atoms with E-state index in [4.69, 9.17) is 4.74 Å². The summed E-state index contributed by atoms with van der Waals surface area (Å²) in [5, 5.41) is 29.2. The van der Waals surface area contributed by atoms with Gasteiger partial charge in [-0.05, 0) is 0 Å². The van der Waals surface area contributed by atoms with Crippen molar-refractivity contribution in [2.75, 3.05) is 20.7 Å². The van der Waals surface area contributed by atoms with Crippen molar-refractivity contribution in [3.05, 3.63) is 16.8 Å². The zero-order valence-electron chi connectivity index (χ0n) is 13.1. The lowest BCUT2D eigenvalue weighted by atomic mass is 10.1. The van der Waals surface area contributed by atoms with E-state index in [1.165, 1.54) is 17.2 Å². The molecule has 1 aliphatic heterocycles. The van der Waals surface area contributed by atoms with E-state index in [-0.39, 0.29) is 11.5 Å². The maximum Gasteiger partial charge on any atom is 0.348 e. The van der Waals surface area contributed by atoms with Crippen LogP contribution in [0.5, 0.6) is 0 Å². The summed E-state index contributed by atoms with van der Waals surface area (Å²) in [5.41, 5.74) is -0.174. The molecule has 0 aromatic carbocycles. The predicted molar refractivity (Wildman–Crippen MR) is 83.0 cm³/mol. The van der Waals surface area contributed by atoms with Crippen LogP contribution in [0, 0.1) is 0 Å². The van der Waals surface area contributed by atoms with Gasteiger partial charge in [-0.25, -0.2) is 14.8 Å². The van der Waals surface area contributed by atoms with Crippen molar-refractivity contribution < 1.29 is 20.1 Å². The van der Waals surface area contributed by atoms with Crippen LogP contribution in [0.2, 0.25) is 0 Å². The first-order chi connectivity index (χ1) is 11.4. The maximum atomic E-state index is 11.8. The SMILES string of the molecule is CN(C)/C=N\c1[nH]c(=O)nc2c1ncn2[C@@H]1O[C@H](CO)[C@@H](O)[C@H]1O. The van der Waals surface area contributed by atoms with Gasteiger partial charge in [0.05, 0.1) is 19.3 Å². The number of nitrogens with one attached hydrogen (secondary N) is 1. The third-order valence-electron chi connectivity index (χ3n) is 3.63. The van der Waals surface area contributed by atoms with Gasteiger partial charge in [-0.3, -0.25) is 9.55 Å². The molecule has 2 aromatic rings. The largest absolute Gasteiger partial charge is 0.394 e. The fourth-order valence-corrected chi connectivity index (χ4v) is 2.48. The molecular weight excluding hydrogens is 320 g/mol. The number of rotatable bonds is 4. The van der Waals surface area contributed by atoms with E-state index in [1.54, 1.807) is 19.0 Å². The second kappa shape index (κ2) is 6.28. The molecule has 3 heterocycles. The van der Waals surface area contributed by atoms with Crippen LogP contribution in [0.4, 0.5) is 5.82 Å². The third-order valence-corrected chi connectivity index (χ3v) is 3.63. The second-order valence-electron chi connectivity index (χ2n) is 5.65. The van der Waals surface area contributed by atoms with Gasteiger partial charge in [0.1, 0.15) is 18.3 Å². The van der Waals surface area contributed by atoms with E-state index in [0.29, 0.717) is 5.52 Å². The Bertz CT molecular complexity index is 815. The summed E-state index contributed by atoms with van der Waals surface area (Å²) < 4.78 is 6.78. The normalized spacial score (nSPS) is 27.4. The van der Waals surface area contributed by atoms with Crippen LogP contribution in [0.3, 0.4) is 0 Å². The molecule has 0 aliphatic carbocycles. The van der Waals surface area contributed by atoms with Gasteiger partial charge in [-0.1, -0.05) is 0 Å². The van der Waals surface area contributed by atoms with Gasteiger partial charge < -0.3 is 25.0 Å². The lowest BCUT2D eigenvalue weighted by Gasteiger charge is -2.16. The minimum absolute atomic E-state index is 0.152. The standard InChI is InChI=1S/C13H18N6O5/c1-18(2)4-15-10-7-11(17-13(23)16-10)19(5-14-7)12-9(22)8(21)6(3-20)24-12/h4-6,8-9,12,20-22H,3H2,1-2H3,(H,16,17,23)/b15-4-/t6-,8-,9-,12-/m1/s1. The number of aliphatic hydroxyl groups excluding tert-OH is 3. The highest BCUT2D eigenvalue weighted by molar-refractivity contribution is 5.82. The average Bonchev–Trinajstić information content (AvgIpc) is 3.07. The molecule has 1 aliphatic rings. The number of H-pyrrole nitrogens is 1. The molecule has 2 aromatic heterocycles. The first-order valence-electron chi connectivity index (χ1n) is 7.22. The van der Waals surface area contributed by atoms with Gasteiger partial charge in [0.25, 0.3) is 0 Å².